The topological polar surface area (TPSA) is 37.4 Å². The molecule has 116 valence electrons. The predicted molar refractivity (Wildman–Crippen MR) is 73.4 cm³/mol. The lowest BCUT2D eigenvalue weighted by Gasteiger charge is -2.37. The summed E-state index contributed by atoms with van der Waals surface area (Å²) in [5, 5.41) is 0. The highest BCUT2D eigenvalue weighted by Crippen LogP contribution is 2.68. The molecule has 1 aliphatic carbocycles. The summed E-state index contributed by atoms with van der Waals surface area (Å²) in [5.41, 5.74) is -4.76. The van der Waals surface area contributed by atoms with Crippen molar-refractivity contribution in [3.8, 4) is 0 Å². The highest BCUT2D eigenvalue weighted by Gasteiger charge is 2.64. The zero-order chi connectivity index (χ0) is 15.6. The fourth-order valence-corrected chi connectivity index (χ4v) is 4.52. The lowest BCUT2D eigenvalue weighted by atomic mass is 9.85. The van der Waals surface area contributed by atoms with E-state index < -0.39 is 15.5 Å². The molecular weight excluding hydrogens is 303 g/mol. The summed E-state index contributed by atoms with van der Waals surface area (Å²) < 4.78 is 63.2. The van der Waals surface area contributed by atoms with Gasteiger partial charge >= 0.3 is 15.5 Å². The summed E-state index contributed by atoms with van der Waals surface area (Å²) in [4.78, 5) is 0. The Morgan fingerprint density at radius 3 is 2.48 bits per heavy atom. The van der Waals surface area contributed by atoms with Crippen LogP contribution in [-0.2, 0) is 10.0 Å². The number of benzene rings is 1. The average molecular weight is 319 g/mol. The maximum Gasteiger partial charge on any atom is 0.516 e. The van der Waals surface area contributed by atoms with Gasteiger partial charge in [-0.3, -0.25) is 4.31 Å². The highest BCUT2D eigenvalue weighted by molar-refractivity contribution is 7.93. The Labute approximate surface area is 121 Å². The number of rotatable bonds is 2. The first-order chi connectivity index (χ1) is 9.61. The molecule has 0 bridgehead atoms. The Morgan fingerprint density at radius 1 is 1.29 bits per heavy atom. The van der Waals surface area contributed by atoms with E-state index in [9.17, 15) is 21.6 Å². The van der Waals surface area contributed by atoms with Gasteiger partial charge in [0.2, 0.25) is 0 Å². The van der Waals surface area contributed by atoms with Crippen LogP contribution in [0.25, 0.3) is 0 Å². The van der Waals surface area contributed by atoms with Gasteiger partial charge in [-0.05, 0) is 35.3 Å². The van der Waals surface area contributed by atoms with Crippen molar-refractivity contribution in [3.05, 3.63) is 29.8 Å². The number of para-hydroxylation sites is 1. The van der Waals surface area contributed by atoms with Gasteiger partial charge < -0.3 is 0 Å². The van der Waals surface area contributed by atoms with E-state index in [0.717, 1.165) is 6.42 Å². The maximum atomic E-state index is 12.9. The van der Waals surface area contributed by atoms with E-state index in [1.807, 2.05) is 13.8 Å². The van der Waals surface area contributed by atoms with E-state index in [2.05, 4.69) is 0 Å². The molecular formula is C14H16F3NO2S. The minimum atomic E-state index is -5.36. The second-order valence-electron chi connectivity index (χ2n) is 6.16. The summed E-state index contributed by atoms with van der Waals surface area (Å²) in [6.07, 6.45) is 0.742. The van der Waals surface area contributed by atoms with Crippen molar-refractivity contribution in [2.45, 2.75) is 31.7 Å². The first-order valence-corrected chi connectivity index (χ1v) is 8.23. The van der Waals surface area contributed by atoms with E-state index in [1.165, 1.54) is 6.07 Å². The summed E-state index contributed by atoms with van der Waals surface area (Å²) in [6, 6.07) is 6.51. The number of sulfonamides is 1. The number of fused-ring (bicyclic) bond motifs is 3. The van der Waals surface area contributed by atoms with Crippen molar-refractivity contribution in [2.24, 2.45) is 11.3 Å². The van der Waals surface area contributed by atoms with Gasteiger partial charge in [0.05, 0.1) is 5.69 Å². The zero-order valence-corrected chi connectivity index (χ0v) is 12.5. The Hall–Kier alpha value is -1.24. The standard InChI is InChI=1S/C14H16F3NO2S/c1-9(2)13-7-11(13)10-5-3-4-6-12(10)18(8-13)21(19,20)14(15,16)17/h3-6,9,11H,7-8H2,1-2H3/t11-,13+/m1/s1. The van der Waals surface area contributed by atoms with Gasteiger partial charge in [0.1, 0.15) is 0 Å². The molecule has 0 N–H and O–H groups in total. The number of halogens is 3. The van der Waals surface area contributed by atoms with Crippen molar-refractivity contribution < 1.29 is 21.6 Å². The molecule has 21 heavy (non-hydrogen) atoms. The normalized spacial score (nSPS) is 28.3. The van der Waals surface area contributed by atoms with Gasteiger partial charge in [0.25, 0.3) is 0 Å². The molecule has 3 nitrogen and oxygen atoms in total. The molecule has 3 rings (SSSR count). The molecule has 1 fully saturated rings. The third kappa shape index (κ3) is 1.89. The molecule has 0 radical (unpaired) electrons. The average Bonchev–Trinajstić information content (AvgIpc) is 3.12. The van der Waals surface area contributed by atoms with Crippen LogP contribution in [0.3, 0.4) is 0 Å². The molecule has 1 aromatic rings. The Balaban J connectivity index is 2.15. The van der Waals surface area contributed by atoms with Crippen molar-refractivity contribution in [1.82, 2.24) is 0 Å². The van der Waals surface area contributed by atoms with Crippen molar-refractivity contribution in [3.63, 3.8) is 0 Å². The molecule has 1 aromatic carbocycles. The number of anilines is 1. The second kappa shape index (κ2) is 4.15. The van der Waals surface area contributed by atoms with E-state index in [0.29, 0.717) is 9.87 Å². The van der Waals surface area contributed by atoms with Crippen LogP contribution in [0.1, 0.15) is 31.7 Å². The molecule has 2 aliphatic rings. The van der Waals surface area contributed by atoms with Crippen LogP contribution < -0.4 is 4.31 Å². The molecule has 0 spiro atoms. The quantitative estimate of drug-likeness (QED) is 0.837. The van der Waals surface area contributed by atoms with Gasteiger partial charge in [-0.2, -0.15) is 21.6 Å². The summed E-state index contributed by atoms with van der Waals surface area (Å²) in [7, 11) is -5.36. The third-order valence-electron chi connectivity index (χ3n) is 4.87. The minimum absolute atomic E-state index is 0.0891. The molecule has 7 heteroatoms. The first kappa shape index (κ1) is 14.7. The van der Waals surface area contributed by atoms with Crippen LogP contribution in [0.5, 0.6) is 0 Å². The number of hydrogen-bond acceptors (Lipinski definition) is 2. The molecule has 0 amide bonds. The predicted octanol–water partition coefficient (Wildman–Crippen LogP) is 3.49. The van der Waals surface area contributed by atoms with E-state index in [4.69, 9.17) is 0 Å². The summed E-state index contributed by atoms with van der Waals surface area (Å²) >= 11 is 0. The second-order valence-corrected chi connectivity index (χ2v) is 8.01. The minimum Gasteiger partial charge on any atom is -0.262 e. The number of alkyl halides is 3. The SMILES string of the molecule is CC(C)[C@@]12C[C@@H]1c1ccccc1N(S(=O)(=O)C(F)(F)F)C2. The van der Waals surface area contributed by atoms with Gasteiger partial charge in [-0.15, -0.1) is 0 Å². The highest BCUT2D eigenvalue weighted by atomic mass is 32.2. The lowest BCUT2D eigenvalue weighted by Crippen LogP contribution is -2.47. The van der Waals surface area contributed by atoms with Crippen LogP contribution in [0.15, 0.2) is 24.3 Å². The number of hydrogen-bond donors (Lipinski definition) is 0. The third-order valence-corrected chi connectivity index (χ3v) is 6.36. The largest absolute Gasteiger partial charge is 0.516 e. The smallest absolute Gasteiger partial charge is 0.262 e. The van der Waals surface area contributed by atoms with E-state index >= 15 is 0 Å². The molecule has 0 saturated heterocycles. The van der Waals surface area contributed by atoms with Crippen molar-refractivity contribution in [1.29, 1.82) is 0 Å². The lowest BCUT2D eigenvalue weighted by molar-refractivity contribution is -0.0440. The maximum absolute atomic E-state index is 12.9. The molecule has 1 aliphatic heterocycles. The monoisotopic (exact) mass is 319 g/mol. The van der Waals surface area contributed by atoms with Crippen LogP contribution >= 0.6 is 0 Å². The van der Waals surface area contributed by atoms with E-state index in [1.54, 1.807) is 18.2 Å². The van der Waals surface area contributed by atoms with Crippen molar-refractivity contribution in [2.75, 3.05) is 10.8 Å². The number of nitrogens with zero attached hydrogens (tertiary/aromatic N) is 1. The van der Waals surface area contributed by atoms with Gasteiger partial charge in [0, 0.05) is 6.54 Å². The fourth-order valence-electron chi connectivity index (χ4n) is 3.44. The molecule has 0 aromatic heterocycles. The van der Waals surface area contributed by atoms with Crippen LogP contribution in [0, 0.1) is 11.3 Å². The summed E-state index contributed by atoms with van der Waals surface area (Å²) in [6.45, 7) is 3.78. The van der Waals surface area contributed by atoms with Crippen molar-refractivity contribution >= 4 is 15.7 Å². The molecule has 2 atom stereocenters. The van der Waals surface area contributed by atoms with Crippen LogP contribution in [0.4, 0.5) is 18.9 Å². The molecule has 0 unspecified atom stereocenters. The Bertz CT molecular complexity index is 684. The van der Waals surface area contributed by atoms with E-state index in [-0.39, 0.29) is 29.5 Å². The van der Waals surface area contributed by atoms with Gasteiger partial charge in [-0.25, -0.2) is 0 Å². The zero-order valence-electron chi connectivity index (χ0n) is 11.7. The van der Waals surface area contributed by atoms with Crippen LogP contribution in [0.2, 0.25) is 0 Å². The summed E-state index contributed by atoms with van der Waals surface area (Å²) in [5.74, 6) is 0.287. The first-order valence-electron chi connectivity index (χ1n) is 6.79. The Kier molecular flexibility index (Phi) is 2.90. The van der Waals surface area contributed by atoms with Crippen LogP contribution in [-0.4, -0.2) is 20.5 Å². The van der Waals surface area contributed by atoms with Gasteiger partial charge in [0.15, 0.2) is 0 Å². The molecule has 1 heterocycles. The Morgan fingerprint density at radius 2 is 1.90 bits per heavy atom. The molecule has 1 saturated carbocycles. The van der Waals surface area contributed by atoms with Gasteiger partial charge in [-0.1, -0.05) is 32.0 Å². The fraction of sp³-hybridized carbons (Fsp3) is 0.571.